The molecule has 0 atom stereocenters. The molecule has 2 fully saturated rings. The topological polar surface area (TPSA) is 72.6 Å². The zero-order valence-corrected chi connectivity index (χ0v) is 19.8. The number of sulfonamides is 1. The van der Waals surface area contributed by atoms with Crippen molar-refractivity contribution in [2.24, 2.45) is 5.14 Å². The molecule has 2 aromatic carbocycles. The fourth-order valence-electron chi connectivity index (χ4n) is 5.40. The molecule has 2 aromatic rings. The normalized spacial score (nSPS) is 23.1. The van der Waals surface area contributed by atoms with Crippen LogP contribution in [0.25, 0.3) is 0 Å². The van der Waals surface area contributed by atoms with E-state index in [-0.39, 0.29) is 10.8 Å². The van der Waals surface area contributed by atoms with Crippen LogP contribution >= 0.6 is 0 Å². The number of alkyl halides is 3. The van der Waals surface area contributed by atoms with E-state index < -0.39 is 22.8 Å². The first kappa shape index (κ1) is 25.0. The summed E-state index contributed by atoms with van der Waals surface area (Å²) in [5.74, 6) is 0.853. The van der Waals surface area contributed by atoms with E-state index in [0.29, 0.717) is 17.7 Å². The third kappa shape index (κ3) is 6.31. The average Bonchev–Trinajstić information content (AvgIpc) is 2.82. The molecule has 1 saturated heterocycles. The lowest BCUT2D eigenvalue weighted by atomic mass is 9.80. The number of halogens is 3. The lowest BCUT2D eigenvalue weighted by Crippen LogP contribution is -2.42. The van der Waals surface area contributed by atoms with E-state index in [9.17, 15) is 21.6 Å². The minimum atomic E-state index is -4.35. The molecular formula is C25H31F3N2O3S. The number of hydrogen-bond donors (Lipinski definition) is 1. The Morgan fingerprint density at radius 3 is 2.24 bits per heavy atom. The van der Waals surface area contributed by atoms with Crippen molar-refractivity contribution in [1.29, 1.82) is 0 Å². The summed E-state index contributed by atoms with van der Waals surface area (Å²) in [7, 11) is -3.71. The largest absolute Gasteiger partial charge is 0.484 e. The van der Waals surface area contributed by atoms with E-state index in [0.717, 1.165) is 62.7 Å². The molecule has 0 unspecified atom stereocenters. The Kier molecular flexibility index (Phi) is 7.54. The van der Waals surface area contributed by atoms with Crippen molar-refractivity contribution < 1.29 is 26.3 Å². The molecule has 1 aliphatic carbocycles. The fourth-order valence-corrected chi connectivity index (χ4v) is 5.97. The number of ether oxygens (including phenoxy) is 1. The van der Waals surface area contributed by atoms with Crippen molar-refractivity contribution >= 4 is 10.0 Å². The molecule has 186 valence electrons. The molecule has 1 heterocycles. The first-order valence-corrected chi connectivity index (χ1v) is 13.3. The molecule has 0 radical (unpaired) electrons. The third-order valence-corrected chi connectivity index (χ3v) is 8.06. The van der Waals surface area contributed by atoms with Crippen LogP contribution in [-0.2, 0) is 10.0 Å². The summed E-state index contributed by atoms with van der Waals surface area (Å²) in [5, 5.41) is 5.28. The number of nitrogens with two attached hydrogens (primary N) is 1. The molecule has 5 nitrogen and oxygen atoms in total. The quantitative estimate of drug-likeness (QED) is 0.598. The van der Waals surface area contributed by atoms with E-state index in [1.807, 2.05) is 18.2 Å². The fraction of sp³-hybridized carbons (Fsp3) is 0.520. The molecule has 4 rings (SSSR count). The highest BCUT2D eigenvalue weighted by molar-refractivity contribution is 7.89. The van der Waals surface area contributed by atoms with Gasteiger partial charge in [0.15, 0.2) is 6.61 Å². The van der Waals surface area contributed by atoms with Crippen LogP contribution in [-0.4, -0.2) is 45.2 Å². The van der Waals surface area contributed by atoms with E-state index in [4.69, 9.17) is 9.88 Å². The van der Waals surface area contributed by atoms with Crippen LogP contribution < -0.4 is 9.88 Å². The van der Waals surface area contributed by atoms with Gasteiger partial charge in [-0.1, -0.05) is 30.3 Å². The Morgan fingerprint density at radius 2 is 1.59 bits per heavy atom. The van der Waals surface area contributed by atoms with Crippen LogP contribution in [0.4, 0.5) is 13.2 Å². The SMILES string of the molecule is NS(=O)(=O)c1cccc(C2CCC(N3CCC(c4ccccc4OCC(F)(F)F)CC3)CC2)c1. The maximum atomic E-state index is 12.6. The maximum Gasteiger partial charge on any atom is 0.422 e. The smallest absolute Gasteiger partial charge is 0.422 e. The number of para-hydroxylation sites is 1. The van der Waals surface area contributed by atoms with Gasteiger partial charge in [-0.15, -0.1) is 0 Å². The monoisotopic (exact) mass is 496 g/mol. The minimum Gasteiger partial charge on any atom is -0.484 e. The summed E-state index contributed by atoms with van der Waals surface area (Å²) in [6.45, 7) is 0.551. The molecule has 0 aromatic heterocycles. The zero-order chi connectivity index (χ0) is 24.3. The second kappa shape index (κ2) is 10.3. The summed E-state index contributed by atoms with van der Waals surface area (Å²) >= 11 is 0. The first-order chi connectivity index (χ1) is 16.1. The maximum absolute atomic E-state index is 12.6. The van der Waals surface area contributed by atoms with E-state index in [2.05, 4.69) is 4.90 Å². The second-order valence-corrected chi connectivity index (χ2v) is 10.9. The molecule has 9 heteroatoms. The van der Waals surface area contributed by atoms with Crippen LogP contribution in [0.3, 0.4) is 0 Å². The van der Waals surface area contributed by atoms with Gasteiger partial charge >= 0.3 is 6.18 Å². The molecule has 1 saturated carbocycles. The van der Waals surface area contributed by atoms with Crippen molar-refractivity contribution in [3.05, 3.63) is 59.7 Å². The van der Waals surface area contributed by atoms with Gasteiger partial charge in [0.2, 0.25) is 10.0 Å². The van der Waals surface area contributed by atoms with Crippen molar-refractivity contribution in [2.75, 3.05) is 19.7 Å². The van der Waals surface area contributed by atoms with Crippen LogP contribution in [0, 0.1) is 0 Å². The van der Waals surface area contributed by atoms with Gasteiger partial charge in [-0.3, -0.25) is 0 Å². The Balaban J connectivity index is 1.31. The van der Waals surface area contributed by atoms with Crippen LogP contribution in [0.2, 0.25) is 0 Å². The van der Waals surface area contributed by atoms with Crippen molar-refractivity contribution in [3.8, 4) is 5.75 Å². The minimum absolute atomic E-state index is 0.161. The predicted molar refractivity (Wildman–Crippen MR) is 124 cm³/mol. The van der Waals surface area contributed by atoms with E-state index >= 15 is 0 Å². The van der Waals surface area contributed by atoms with Crippen LogP contribution in [0.15, 0.2) is 53.4 Å². The van der Waals surface area contributed by atoms with Gasteiger partial charge in [-0.2, -0.15) is 13.2 Å². The zero-order valence-electron chi connectivity index (χ0n) is 19.0. The van der Waals surface area contributed by atoms with Gasteiger partial charge in [-0.25, -0.2) is 13.6 Å². The highest BCUT2D eigenvalue weighted by atomic mass is 32.2. The van der Waals surface area contributed by atoms with E-state index in [1.165, 1.54) is 6.07 Å². The van der Waals surface area contributed by atoms with Crippen molar-refractivity contribution in [2.45, 2.75) is 67.5 Å². The van der Waals surface area contributed by atoms with Gasteiger partial charge in [0.25, 0.3) is 0 Å². The number of nitrogens with zero attached hydrogens (tertiary/aromatic N) is 1. The summed E-state index contributed by atoms with van der Waals surface area (Å²) in [6.07, 6.45) is 1.50. The number of piperidine rings is 1. The van der Waals surface area contributed by atoms with Crippen LogP contribution in [0.5, 0.6) is 5.75 Å². The lowest BCUT2D eigenvalue weighted by Gasteiger charge is -2.41. The van der Waals surface area contributed by atoms with E-state index in [1.54, 1.807) is 24.3 Å². The summed E-state index contributed by atoms with van der Waals surface area (Å²) in [5.41, 5.74) is 1.89. The standard InChI is InChI=1S/C25H31F3N2O3S/c26-25(27,28)17-33-24-7-2-1-6-23(24)19-12-14-30(15-13-19)21-10-8-18(9-11-21)20-4-3-5-22(16-20)34(29,31)32/h1-7,16,18-19,21H,8-15,17H2,(H2,29,31,32). The molecule has 0 bridgehead atoms. The second-order valence-electron chi connectivity index (χ2n) is 9.37. The Labute approximate surface area is 199 Å². The summed E-state index contributed by atoms with van der Waals surface area (Å²) in [6, 6.07) is 14.5. The van der Waals surface area contributed by atoms with Gasteiger partial charge in [-0.05, 0) is 92.8 Å². The Morgan fingerprint density at radius 1 is 0.912 bits per heavy atom. The predicted octanol–water partition coefficient (Wildman–Crippen LogP) is 5.18. The lowest BCUT2D eigenvalue weighted by molar-refractivity contribution is -0.153. The molecule has 2 aliphatic rings. The van der Waals surface area contributed by atoms with Gasteiger partial charge in [0.05, 0.1) is 4.90 Å². The molecular weight excluding hydrogens is 465 g/mol. The van der Waals surface area contributed by atoms with Gasteiger partial charge < -0.3 is 9.64 Å². The molecule has 0 amide bonds. The molecule has 0 spiro atoms. The highest BCUT2D eigenvalue weighted by Crippen LogP contribution is 2.39. The van der Waals surface area contributed by atoms with Crippen LogP contribution in [0.1, 0.15) is 61.5 Å². The average molecular weight is 497 g/mol. The molecule has 2 N–H and O–H groups in total. The summed E-state index contributed by atoms with van der Waals surface area (Å²) < 4.78 is 66.3. The number of primary sulfonamides is 1. The Hall–Kier alpha value is -2.10. The van der Waals surface area contributed by atoms with Gasteiger partial charge in [0.1, 0.15) is 5.75 Å². The summed E-state index contributed by atoms with van der Waals surface area (Å²) in [4.78, 5) is 2.67. The van der Waals surface area contributed by atoms with Crippen molar-refractivity contribution in [3.63, 3.8) is 0 Å². The number of rotatable bonds is 6. The molecule has 1 aliphatic heterocycles. The van der Waals surface area contributed by atoms with Crippen molar-refractivity contribution in [1.82, 2.24) is 4.90 Å². The highest BCUT2D eigenvalue weighted by Gasteiger charge is 2.32. The third-order valence-electron chi connectivity index (χ3n) is 7.15. The molecule has 34 heavy (non-hydrogen) atoms. The Bertz CT molecular complexity index is 1070. The number of likely N-dealkylation sites (tertiary alicyclic amines) is 1. The number of hydrogen-bond acceptors (Lipinski definition) is 4. The first-order valence-electron chi connectivity index (χ1n) is 11.8. The van der Waals surface area contributed by atoms with Gasteiger partial charge in [0, 0.05) is 6.04 Å². The number of benzene rings is 2.